The van der Waals surface area contributed by atoms with Gasteiger partial charge in [0.2, 0.25) is 0 Å². The van der Waals surface area contributed by atoms with E-state index in [-0.39, 0.29) is 5.57 Å². The Labute approximate surface area is 209 Å². The number of urea groups is 1. The summed E-state index contributed by atoms with van der Waals surface area (Å²) in [4.78, 5) is 39.2. The Morgan fingerprint density at radius 1 is 0.889 bits per heavy atom. The summed E-state index contributed by atoms with van der Waals surface area (Å²) in [5, 5.41) is 2.23. The summed E-state index contributed by atoms with van der Waals surface area (Å²) in [6.45, 7) is 2.91. The maximum absolute atomic E-state index is 13.2. The Morgan fingerprint density at radius 2 is 1.64 bits per heavy atom. The van der Waals surface area contributed by atoms with Crippen molar-refractivity contribution in [1.82, 2.24) is 5.32 Å². The van der Waals surface area contributed by atoms with Crippen LogP contribution in [-0.4, -0.2) is 31.6 Å². The summed E-state index contributed by atoms with van der Waals surface area (Å²) < 4.78 is 16.8. The molecular weight excluding hydrogens is 460 g/mol. The van der Waals surface area contributed by atoms with E-state index in [1.165, 1.54) is 13.2 Å². The average molecular weight is 487 g/mol. The second-order valence-corrected chi connectivity index (χ2v) is 7.98. The molecule has 3 aromatic rings. The van der Waals surface area contributed by atoms with Crippen molar-refractivity contribution in [3.63, 3.8) is 0 Å². The van der Waals surface area contributed by atoms with Crippen LogP contribution in [0.4, 0.5) is 10.5 Å². The average Bonchev–Trinajstić information content (AvgIpc) is 2.90. The van der Waals surface area contributed by atoms with Crippen LogP contribution in [0.2, 0.25) is 0 Å². The van der Waals surface area contributed by atoms with Crippen molar-refractivity contribution in [3.8, 4) is 17.2 Å². The Balaban J connectivity index is 1.53. The van der Waals surface area contributed by atoms with E-state index in [0.29, 0.717) is 41.7 Å². The normalized spacial score (nSPS) is 14.6. The van der Waals surface area contributed by atoms with Crippen molar-refractivity contribution in [1.29, 1.82) is 0 Å². The SMILES string of the molecule is CCCOc1ccc(/C=C2\C(=O)NC(=O)N(c3ccc(OCc4ccccc4)cc3)C2=O)cc1OC. The maximum atomic E-state index is 13.2. The molecule has 0 unspecified atom stereocenters. The topological polar surface area (TPSA) is 94.2 Å². The van der Waals surface area contributed by atoms with Crippen molar-refractivity contribution in [3.05, 3.63) is 89.5 Å². The molecule has 0 bridgehead atoms. The van der Waals surface area contributed by atoms with Gasteiger partial charge in [0.15, 0.2) is 11.5 Å². The second-order valence-electron chi connectivity index (χ2n) is 7.98. The van der Waals surface area contributed by atoms with E-state index in [1.54, 1.807) is 42.5 Å². The number of amides is 4. The molecule has 8 heteroatoms. The van der Waals surface area contributed by atoms with Gasteiger partial charge in [-0.25, -0.2) is 9.69 Å². The molecule has 1 fully saturated rings. The van der Waals surface area contributed by atoms with Gasteiger partial charge >= 0.3 is 6.03 Å². The molecule has 36 heavy (non-hydrogen) atoms. The number of ether oxygens (including phenoxy) is 3. The van der Waals surface area contributed by atoms with Crippen LogP contribution in [0.5, 0.6) is 17.2 Å². The van der Waals surface area contributed by atoms with E-state index in [0.717, 1.165) is 16.9 Å². The van der Waals surface area contributed by atoms with Crippen LogP contribution >= 0.6 is 0 Å². The van der Waals surface area contributed by atoms with Gasteiger partial charge in [-0.2, -0.15) is 0 Å². The fourth-order valence-corrected chi connectivity index (χ4v) is 3.60. The molecule has 3 aromatic carbocycles. The molecule has 1 aliphatic rings. The van der Waals surface area contributed by atoms with Crippen LogP contribution in [0.25, 0.3) is 6.08 Å². The highest BCUT2D eigenvalue weighted by Crippen LogP contribution is 2.30. The van der Waals surface area contributed by atoms with Crippen molar-refractivity contribution in [2.75, 3.05) is 18.6 Å². The third kappa shape index (κ3) is 5.55. The van der Waals surface area contributed by atoms with E-state index >= 15 is 0 Å². The summed E-state index contributed by atoms with van der Waals surface area (Å²) >= 11 is 0. The molecule has 4 amide bonds. The molecule has 184 valence electrons. The summed E-state index contributed by atoms with van der Waals surface area (Å²) in [6.07, 6.45) is 2.26. The highest BCUT2D eigenvalue weighted by Gasteiger charge is 2.36. The second kappa shape index (κ2) is 11.2. The number of nitrogens with zero attached hydrogens (tertiary/aromatic N) is 1. The lowest BCUT2D eigenvalue weighted by atomic mass is 10.1. The molecule has 1 heterocycles. The zero-order valence-corrected chi connectivity index (χ0v) is 20.0. The van der Waals surface area contributed by atoms with Gasteiger partial charge in [-0.3, -0.25) is 14.9 Å². The Kier molecular flexibility index (Phi) is 7.65. The maximum Gasteiger partial charge on any atom is 0.335 e. The molecule has 0 atom stereocenters. The molecule has 0 spiro atoms. The highest BCUT2D eigenvalue weighted by molar-refractivity contribution is 6.39. The lowest BCUT2D eigenvalue weighted by molar-refractivity contribution is -0.122. The Hall–Kier alpha value is -4.59. The lowest BCUT2D eigenvalue weighted by Gasteiger charge is -2.26. The van der Waals surface area contributed by atoms with E-state index in [1.807, 2.05) is 37.3 Å². The smallest absolute Gasteiger partial charge is 0.335 e. The lowest BCUT2D eigenvalue weighted by Crippen LogP contribution is -2.54. The number of anilines is 1. The van der Waals surface area contributed by atoms with E-state index in [9.17, 15) is 14.4 Å². The summed E-state index contributed by atoms with van der Waals surface area (Å²) in [7, 11) is 1.51. The third-order valence-electron chi connectivity index (χ3n) is 5.41. The van der Waals surface area contributed by atoms with Gasteiger partial charge in [-0.05, 0) is 60.0 Å². The van der Waals surface area contributed by atoms with Crippen molar-refractivity contribution in [2.24, 2.45) is 0 Å². The summed E-state index contributed by atoms with van der Waals surface area (Å²) in [6, 6.07) is 20.5. The van der Waals surface area contributed by atoms with Crippen LogP contribution in [0, 0.1) is 0 Å². The third-order valence-corrected chi connectivity index (χ3v) is 5.41. The number of barbiturate groups is 1. The molecule has 1 saturated heterocycles. The van der Waals surface area contributed by atoms with Gasteiger partial charge < -0.3 is 14.2 Å². The first-order valence-corrected chi connectivity index (χ1v) is 11.5. The van der Waals surface area contributed by atoms with Crippen molar-refractivity contribution < 1.29 is 28.6 Å². The number of nitrogens with one attached hydrogen (secondary N) is 1. The van der Waals surface area contributed by atoms with Crippen LogP contribution in [0.1, 0.15) is 24.5 Å². The predicted octanol–water partition coefficient (Wildman–Crippen LogP) is 4.73. The molecule has 8 nitrogen and oxygen atoms in total. The number of carbonyl (C=O) groups is 3. The quantitative estimate of drug-likeness (QED) is 0.347. The number of benzene rings is 3. The molecule has 1 aliphatic heterocycles. The van der Waals surface area contributed by atoms with Gasteiger partial charge in [-0.1, -0.05) is 43.3 Å². The van der Waals surface area contributed by atoms with Gasteiger partial charge in [0, 0.05) is 0 Å². The highest BCUT2D eigenvalue weighted by atomic mass is 16.5. The zero-order valence-electron chi connectivity index (χ0n) is 20.0. The number of hydrogen-bond acceptors (Lipinski definition) is 6. The molecule has 0 saturated carbocycles. The minimum Gasteiger partial charge on any atom is -0.493 e. The summed E-state index contributed by atoms with van der Waals surface area (Å²) in [5.41, 5.74) is 1.70. The fraction of sp³-hybridized carbons (Fsp3) is 0.179. The fourth-order valence-electron chi connectivity index (χ4n) is 3.60. The standard InChI is InChI=1S/C28H26N2O6/c1-3-15-35-24-14-9-20(17-25(24)34-2)16-23-26(31)29-28(33)30(27(23)32)21-10-12-22(13-11-21)36-18-19-7-5-4-6-8-19/h4-14,16-17H,3,15,18H2,1-2H3,(H,29,31,33)/b23-16+. The zero-order chi connectivity index (χ0) is 25.5. The van der Waals surface area contributed by atoms with Crippen LogP contribution in [-0.2, 0) is 16.2 Å². The number of methoxy groups -OCH3 is 1. The van der Waals surface area contributed by atoms with Gasteiger partial charge in [0.1, 0.15) is 17.9 Å². The first-order valence-electron chi connectivity index (χ1n) is 11.5. The number of carbonyl (C=O) groups excluding carboxylic acids is 3. The molecule has 0 aliphatic carbocycles. The number of rotatable bonds is 9. The van der Waals surface area contributed by atoms with Gasteiger partial charge in [0.05, 0.1) is 19.4 Å². The first kappa shape index (κ1) is 24.5. The largest absolute Gasteiger partial charge is 0.493 e. The molecule has 0 aromatic heterocycles. The molecule has 4 rings (SSSR count). The minimum absolute atomic E-state index is 0.178. The van der Waals surface area contributed by atoms with E-state index < -0.39 is 17.8 Å². The van der Waals surface area contributed by atoms with Crippen LogP contribution in [0.15, 0.2) is 78.4 Å². The van der Waals surface area contributed by atoms with Crippen LogP contribution < -0.4 is 24.4 Å². The number of hydrogen-bond donors (Lipinski definition) is 1. The molecule has 0 radical (unpaired) electrons. The minimum atomic E-state index is -0.819. The molecular formula is C28H26N2O6. The monoisotopic (exact) mass is 486 g/mol. The van der Waals surface area contributed by atoms with Gasteiger partial charge in [0.25, 0.3) is 11.8 Å². The molecule has 1 N–H and O–H groups in total. The van der Waals surface area contributed by atoms with E-state index in [4.69, 9.17) is 14.2 Å². The first-order chi connectivity index (χ1) is 17.5. The van der Waals surface area contributed by atoms with Crippen molar-refractivity contribution in [2.45, 2.75) is 20.0 Å². The Bertz CT molecular complexity index is 1290. The van der Waals surface area contributed by atoms with Crippen molar-refractivity contribution >= 4 is 29.6 Å². The predicted molar refractivity (Wildman–Crippen MR) is 135 cm³/mol. The summed E-state index contributed by atoms with van der Waals surface area (Å²) in [5.74, 6) is 0.117. The number of imide groups is 2. The van der Waals surface area contributed by atoms with Gasteiger partial charge in [-0.15, -0.1) is 0 Å². The van der Waals surface area contributed by atoms with Crippen LogP contribution in [0.3, 0.4) is 0 Å². The van der Waals surface area contributed by atoms with E-state index in [2.05, 4.69) is 5.32 Å². The Morgan fingerprint density at radius 3 is 2.33 bits per heavy atom.